The molecule has 0 aromatic carbocycles. The summed E-state index contributed by atoms with van der Waals surface area (Å²) in [6, 6.07) is 0. The van der Waals surface area contributed by atoms with E-state index in [1.54, 1.807) is 13.1 Å². The van der Waals surface area contributed by atoms with E-state index in [9.17, 15) is 0 Å². The van der Waals surface area contributed by atoms with E-state index in [0.29, 0.717) is 5.92 Å². The Labute approximate surface area is 68.1 Å². The lowest BCUT2D eigenvalue weighted by Gasteiger charge is -2.01. The lowest BCUT2D eigenvalue weighted by molar-refractivity contribution is 0.0504. The van der Waals surface area contributed by atoms with Gasteiger partial charge in [0.15, 0.2) is 0 Å². The average Bonchev–Trinajstić information content (AvgIpc) is 1.85. The standard InChI is InChI=1S/C8H17NO2/c1-7(2)4-5-9-11-6-8(3)10/h5,7-8,10H,4,6H2,1-3H3/b9-5+. The van der Waals surface area contributed by atoms with Crippen molar-refractivity contribution in [3.63, 3.8) is 0 Å². The molecule has 1 N–H and O–H groups in total. The van der Waals surface area contributed by atoms with Gasteiger partial charge in [0.05, 0.1) is 6.10 Å². The molecule has 0 aromatic heterocycles. The Morgan fingerprint density at radius 2 is 2.09 bits per heavy atom. The Bertz CT molecular complexity index is 111. The van der Waals surface area contributed by atoms with Crippen LogP contribution in [0.1, 0.15) is 27.2 Å². The summed E-state index contributed by atoms with van der Waals surface area (Å²) in [5, 5.41) is 12.4. The molecule has 11 heavy (non-hydrogen) atoms. The summed E-state index contributed by atoms with van der Waals surface area (Å²) >= 11 is 0. The Hall–Kier alpha value is -0.570. The zero-order valence-corrected chi connectivity index (χ0v) is 7.45. The van der Waals surface area contributed by atoms with Crippen LogP contribution >= 0.6 is 0 Å². The van der Waals surface area contributed by atoms with Crippen LogP contribution in [0, 0.1) is 5.92 Å². The van der Waals surface area contributed by atoms with Gasteiger partial charge in [-0.3, -0.25) is 0 Å². The number of nitrogens with zero attached hydrogens (tertiary/aromatic N) is 1. The third kappa shape index (κ3) is 9.43. The highest BCUT2D eigenvalue weighted by Gasteiger charge is 1.92. The number of hydrogen-bond donors (Lipinski definition) is 1. The largest absolute Gasteiger partial charge is 0.393 e. The molecule has 0 aliphatic carbocycles. The van der Waals surface area contributed by atoms with Gasteiger partial charge in [-0.15, -0.1) is 0 Å². The van der Waals surface area contributed by atoms with Crippen LogP contribution in [0.5, 0.6) is 0 Å². The zero-order valence-electron chi connectivity index (χ0n) is 7.45. The summed E-state index contributed by atoms with van der Waals surface area (Å²) in [5.41, 5.74) is 0. The molecule has 3 heteroatoms. The topological polar surface area (TPSA) is 41.8 Å². The van der Waals surface area contributed by atoms with E-state index >= 15 is 0 Å². The van der Waals surface area contributed by atoms with E-state index in [-0.39, 0.29) is 6.61 Å². The SMILES string of the molecule is CC(C)C/C=N/OCC(C)O. The van der Waals surface area contributed by atoms with Gasteiger partial charge in [0, 0.05) is 6.21 Å². The first-order valence-electron chi connectivity index (χ1n) is 3.94. The number of oxime groups is 1. The van der Waals surface area contributed by atoms with Crippen molar-refractivity contribution in [3.8, 4) is 0 Å². The van der Waals surface area contributed by atoms with Gasteiger partial charge in [-0.1, -0.05) is 19.0 Å². The van der Waals surface area contributed by atoms with E-state index in [1.807, 2.05) is 0 Å². The molecule has 66 valence electrons. The molecular formula is C8H17NO2. The molecule has 0 aliphatic rings. The first kappa shape index (κ1) is 10.4. The van der Waals surface area contributed by atoms with Crippen molar-refractivity contribution in [2.75, 3.05) is 6.61 Å². The molecule has 0 radical (unpaired) electrons. The smallest absolute Gasteiger partial charge is 0.142 e. The maximum Gasteiger partial charge on any atom is 0.142 e. The van der Waals surface area contributed by atoms with Gasteiger partial charge in [0.1, 0.15) is 6.61 Å². The minimum absolute atomic E-state index is 0.272. The van der Waals surface area contributed by atoms with Crippen molar-refractivity contribution in [1.29, 1.82) is 0 Å². The normalized spacial score (nSPS) is 14.3. The molecule has 0 spiro atoms. The summed E-state index contributed by atoms with van der Waals surface area (Å²) in [4.78, 5) is 4.76. The fraction of sp³-hybridized carbons (Fsp3) is 0.875. The summed E-state index contributed by atoms with van der Waals surface area (Å²) in [6.45, 7) is 6.16. The molecule has 0 rings (SSSR count). The van der Waals surface area contributed by atoms with Crippen LogP contribution < -0.4 is 0 Å². The Balaban J connectivity index is 3.17. The van der Waals surface area contributed by atoms with E-state index in [1.165, 1.54) is 0 Å². The van der Waals surface area contributed by atoms with Crippen LogP contribution in [0.15, 0.2) is 5.16 Å². The number of aliphatic hydroxyl groups is 1. The van der Waals surface area contributed by atoms with Crippen molar-refractivity contribution in [3.05, 3.63) is 0 Å². The molecular weight excluding hydrogens is 142 g/mol. The van der Waals surface area contributed by atoms with Crippen molar-refractivity contribution < 1.29 is 9.94 Å². The number of rotatable bonds is 5. The van der Waals surface area contributed by atoms with Gasteiger partial charge in [0.2, 0.25) is 0 Å². The maximum atomic E-state index is 8.76. The predicted octanol–water partition coefficient (Wildman–Crippen LogP) is 1.42. The minimum Gasteiger partial charge on any atom is -0.393 e. The molecule has 0 saturated carbocycles. The summed E-state index contributed by atoms with van der Waals surface area (Å²) in [7, 11) is 0. The summed E-state index contributed by atoms with van der Waals surface area (Å²) in [5.74, 6) is 0.605. The monoisotopic (exact) mass is 159 g/mol. The van der Waals surface area contributed by atoms with Gasteiger partial charge in [-0.25, -0.2) is 0 Å². The van der Waals surface area contributed by atoms with E-state index in [0.717, 1.165) is 6.42 Å². The average molecular weight is 159 g/mol. The lowest BCUT2D eigenvalue weighted by atomic mass is 10.2. The number of aliphatic hydroxyl groups excluding tert-OH is 1. The molecule has 0 aliphatic heterocycles. The fourth-order valence-corrected chi connectivity index (χ4v) is 0.457. The zero-order chi connectivity index (χ0) is 8.69. The predicted molar refractivity (Wildman–Crippen MR) is 45.6 cm³/mol. The van der Waals surface area contributed by atoms with Gasteiger partial charge < -0.3 is 9.94 Å². The quantitative estimate of drug-likeness (QED) is 0.487. The lowest BCUT2D eigenvalue weighted by Crippen LogP contribution is -2.07. The van der Waals surface area contributed by atoms with Crippen molar-refractivity contribution in [2.45, 2.75) is 33.3 Å². The van der Waals surface area contributed by atoms with Crippen LogP contribution in [-0.4, -0.2) is 24.0 Å². The third-order valence-corrected chi connectivity index (χ3v) is 1.04. The second kappa shape index (κ2) is 6.16. The third-order valence-electron chi connectivity index (χ3n) is 1.04. The van der Waals surface area contributed by atoms with E-state index in [2.05, 4.69) is 19.0 Å². The molecule has 3 nitrogen and oxygen atoms in total. The molecule has 1 unspecified atom stereocenters. The Morgan fingerprint density at radius 1 is 1.45 bits per heavy atom. The first-order chi connectivity index (χ1) is 5.13. The van der Waals surface area contributed by atoms with Gasteiger partial charge in [-0.2, -0.15) is 0 Å². The van der Waals surface area contributed by atoms with Gasteiger partial charge in [0.25, 0.3) is 0 Å². The van der Waals surface area contributed by atoms with E-state index in [4.69, 9.17) is 9.94 Å². The van der Waals surface area contributed by atoms with Crippen LogP contribution in [0.2, 0.25) is 0 Å². The van der Waals surface area contributed by atoms with Gasteiger partial charge in [-0.05, 0) is 19.3 Å². The van der Waals surface area contributed by atoms with Crippen LogP contribution in [-0.2, 0) is 4.84 Å². The molecule has 0 bridgehead atoms. The molecule has 0 amide bonds. The highest BCUT2D eigenvalue weighted by Crippen LogP contribution is 1.95. The highest BCUT2D eigenvalue weighted by atomic mass is 16.6. The Morgan fingerprint density at radius 3 is 2.55 bits per heavy atom. The molecule has 0 saturated heterocycles. The van der Waals surface area contributed by atoms with Crippen LogP contribution in [0.3, 0.4) is 0 Å². The summed E-state index contributed by atoms with van der Waals surface area (Å²) in [6.07, 6.45) is 2.21. The second-order valence-corrected chi connectivity index (χ2v) is 3.06. The van der Waals surface area contributed by atoms with Gasteiger partial charge >= 0.3 is 0 Å². The number of hydrogen-bond acceptors (Lipinski definition) is 3. The minimum atomic E-state index is -0.439. The molecule has 0 aromatic rings. The van der Waals surface area contributed by atoms with Crippen LogP contribution in [0.4, 0.5) is 0 Å². The van der Waals surface area contributed by atoms with Crippen molar-refractivity contribution in [2.24, 2.45) is 11.1 Å². The fourth-order valence-electron chi connectivity index (χ4n) is 0.457. The Kier molecular flexibility index (Phi) is 5.84. The van der Waals surface area contributed by atoms with Crippen molar-refractivity contribution in [1.82, 2.24) is 0 Å². The highest BCUT2D eigenvalue weighted by molar-refractivity contribution is 5.56. The first-order valence-corrected chi connectivity index (χ1v) is 3.94. The van der Waals surface area contributed by atoms with Crippen LogP contribution in [0.25, 0.3) is 0 Å². The molecule has 1 atom stereocenters. The maximum absolute atomic E-state index is 8.76. The second-order valence-electron chi connectivity index (χ2n) is 3.06. The van der Waals surface area contributed by atoms with E-state index < -0.39 is 6.10 Å². The molecule has 0 heterocycles. The summed E-state index contributed by atoms with van der Waals surface area (Å²) < 4.78 is 0. The molecule has 0 fully saturated rings. The van der Waals surface area contributed by atoms with Crippen molar-refractivity contribution >= 4 is 6.21 Å².